The number of benzene rings is 2. The lowest BCUT2D eigenvalue weighted by Crippen LogP contribution is -2.39. The standard InChI is InChI=1S/C20H16N6OS/c27-20-23-25-26(24-20)19-10-16-17(11-21-12-18(16)28-19)22-15-8-6-14(7-9-15)13-4-2-1-3-5-13/h1-12,22,25H,(H2,23,24,27). The third kappa shape index (κ3) is 3.11. The van der Waals surface area contributed by atoms with Crippen molar-refractivity contribution >= 4 is 43.8 Å². The zero-order valence-corrected chi connectivity index (χ0v) is 15.5. The average molecular weight is 388 g/mol. The number of carbonyl (C=O) groups excluding carboxylic acids is 1. The molecule has 4 aromatic rings. The van der Waals surface area contributed by atoms with Crippen LogP contribution in [0.4, 0.5) is 21.2 Å². The molecular weight excluding hydrogens is 372 g/mol. The van der Waals surface area contributed by atoms with Crippen molar-refractivity contribution in [1.82, 2.24) is 21.4 Å². The first kappa shape index (κ1) is 16.5. The van der Waals surface area contributed by atoms with Gasteiger partial charge in [-0.05, 0) is 29.3 Å². The molecule has 28 heavy (non-hydrogen) atoms. The van der Waals surface area contributed by atoms with Crippen LogP contribution in [0.1, 0.15) is 0 Å². The van der Waals surface area contributed by atoms with Gasteiger partial charge in [0.05, 0.1) is 16.6 Å². The number of amides is 2. The molecule has 0 atom stereocenters. The molecule has 4 N–H and O–H groups in total. The van der Waals surface area contributed by atoms with Crippen molar-refractivity contribution in [3.05, 3.63) is 73.1 Å². The molecule has 3 heterocycles. The van der Waals surface area contributed by atoms with Crippen LogP contribution in [-0.4, -0.2) is 11.0 Å². The molecule has 0 aliphatic carbocycles. The molecule has 1 saturated heterocycles. The van der Waals surface area contributed by atoms with E-state index >= 15 is 0 Å². The minimum atomic E-state index is -0.299. The van der Waals surface area contributed by atoms with Gasteiger partial charge in [0.2, 0.25) is 0 Å². The van der Waals surface area contributed by atoms with Gasteiger partial charge in [0.1, 0.15) is 5.00 Å². The summed E-state index contributed by atoms with van der Waals surface area (Å²) in [7, 11) is 0. The van der Waals surface area contributed by atoms with Crippen molar-refractivity contribution in [2.75, 3.05) is 10.4 Å². The number of thiophene rings is 1. The van der Waals surface area contributed by atoms with Crippen molar-refractivity contribution in [3.63, 3.8) is 0 Å². The average Bonchev–Trinajstić information content (AvgIpc) is 3.36. The zero-order chi connectivity index (χ0) is 18.9. The van der Waals surface area contributed by atoms with Crippen LogP contribution in [0, 0.1) is 0 Å². The second-order valence-electron chi connectivity index (χ2n) is 6.27. The lowest BCUT2D eigenvalue weighted by molar-refractivity contribution is 0.247. The maximum Gasteiger partial charge on any atom is 0.350 e. The van der Waals surface area contributed by atoms with Gasteiger partial charge in [-0.2, -0.15) is 5.12 Å². The lowest BCUT2D eigenvalue weighted by Gasteiger charge is -2.11. The summed E-state index contributed by atoms with van der Waals surface area (Å²) >= 11 is 1.53. The highest BCUT2D eigenvalue weighted by atomic mass is 32.1. The minimum Gasteiger partial charge on any atom is -0.354 e. The number of nitrogens with one attached hydrogen (secondary N) is 4. The Morgan fingerprint density at radius 3 is 2.50 bits per heavy atom. The molecule has 0 spiro atoms. The van der Waals surface area contributed by atoms with Gasteiger partial charge in [-0.3, -0.25) is 10.4 Å². The van der Waals surface area contributed by atoms with E-state index in [1.165, 1.54) is 22.5 Å². The number of fused-ring (bicyclic) bond motifs is 1. The van der Waals surface area contributed by atoms with Gasteiger partial charge >= 0.3 is 6.03 Å². The van der Waals surface area contributed by atoms with E-state index in [2.05, 4.69) is 63.1 Å². The number of hydrazine groups is 3. The highest BCUT2D eigenvalue weighted by Crippen LogP contribution is 2.36. The smallest absolute Gasteiger partial charge is 0.350 e. The first-order chi connectivity index (χ1) is 13.8. The van der Waals surface area contributed by atoms with Gasteiger partial charge in [-0.15, -0.1) is 16.9 Å². The van der Waals surface area contributed by atoms with Crippen molar-refractivity contribution < 1.29 is 4.79 Å². The summed E-state index contributed by atoms with van der Waals surface area (Å²) in [5.41, 5.74) is 12.2. The molecule has 8 heteroatoms. The first-order valence-electron chi connectivity index (χ1n) is 8.69. The highest BCUT2D eigenvalue weighted by Gasteiger charge is 2.20. The Balaban J connectivity index is 1.42. The third-order valence-electron chi connectivity index (χ3n) is 4.42. The fourth-order valence-electron chi connectivity index (χ4n) is 3.06. The summed E-state index contributed by atoms with van der Waals surface area (Å²) < 4.78 is 1.02. The molecule has 0 radical (unpaired) electrons. The summed E-state index contributed by atoms with van der Waals surface area (Å²) in [6.45, 7) is 0. The fraction of sp³-hybridized carbons (Fsp3) is 0. The zero-order valence-electron chi connectivity index (χ0n) is 14.6. The predicted molar refractivity (Wildman–Crippen MR) is 112 cm³/mol. The van der Waals surface area contributed by atoms with Crippen molar-refractivity contribution in [1.29, 1.82) is 0 Å². The van der Waals surface area contributed by atoms with Gasteiger partial charge in [0.15, 0.2) is 0 Å². The number of carbonyl (C=O) groups is 1. The van der Waals surface area contributed by atoms with Crippen molar-refractivity contribution in [2.24, 2.45) is 0 Å². The second kappa shape index (κ2) is 6.84. The Bertz CT molecular complexity index is 1140. The highest BCUT2D eigenvalue weighted by molar-refractivity contribution is 7.22. The second-order valence-corrected chi connectivity index (χ2v) is 7.33. The summed E-state index contributed by atoms with van der Waals surface area (Å²) in [6, 6.07) is 20.3. The normalized spacial score (nSPS) is 13.4. The van der Waals surface area contributed by atoms with Gasteiger partial charge in [0, 0.05) is 17.3 Å². The molecular formula is C20H16N6OS. The number of pyridine rings is 1. The quantitative estimate of drug-likeness (QED) is 0.422. The van der Waals surface area contributed by atoms with Crippen LogP contribution < -0.4 is 26.8 Å². The van der Waals surface area contributed by atoms with Crippen LogP contribution in [0.15, 0.2) is 73.1 Å². The summed E-state index contributed by atoms with van der Waals surface area (Å²) in [5.74, 6) is 0. The summed E-state index contributed by atoms with van der Waals surface area (Å²) in [4.78, 5) is 15.7. The van der Waals surface area contributed by atoms with Gasteiger partial charge < -0.3 is 5.32 Å². The van der Waals surface area contributed by atoms with Crippen molar-refractivity contribution in [2.45, 2.75) is 0 Å². The fourth-order valence-corrected chi connectivity index (χ4v) is 4.04. The monoisotopic (exact) mass is 388 g/mol. The van der Waals surface area contributed by atoms with Crippen LogP contribution in [-0.2, 0) is 0 Å². The van der Waals surface area contributed by atoms with Gasteiger partial charge in [-0.1, -0.05) is 42.5 Å². The molecule has 138 valence electrons. The van der Waals surface area contributed by atoms with Crippen LogP contribution in [0.2, 0.25) is 0 Å². The Morgan fingerprint density at radius 2 is 1.75 bits per heavy atom. The lowest BCUT2D eigenvalue weighted by atomic mass is 10.1. The molecule has 1 aliphatic rings. The van der Waals surface area contributed by atoms with E-state index in [0.29, 0.717) is 0 Å². The maximum absolute atomic E-state index is 11.3. The molecule has 0 bridgehead atoms. The number of rotatable bonds is 4. The Morgan fingerprint density at radius 1 is 0.964 bits per heavy atom. The van der Waals surface area contributed by atoms with Crippen molar-refractivity contribution in [3.8, 4) is 11.1 Å². The van der Waals surface area contributed by atoms with Gasteiger partial charge in [0.25, 0.3) is 0 Å². The van der Waals surface area contributed by atoms with E-state index in [9.17, 15) is 4.79 Å². The number of anilines is 3. The maximum atomic E-state index is 11.3. The number of hydrogen-bond donors (Lipinski definition) is 4. The molecule has 0 saturated carbocycles. The van der Waals surface area contributed by atoms with E-state index < -0.39 is 0 Å². The first-order valence-corrected chi connectivity index (χ1v) is 9.50. The molecule has 2 aromatic carbocycles. The Kier molecular flexibility index (Phi) is 4.04. The predicted octanol–water partition coefficient (Wildman–Crippen LogP) is 4.16. The molecule has 1 aliphatic heterocycles. The van der Waals surface area contributed by atoms with Crippen LogP contribution in [0.3, 0.4) is 0 Å². The SMILES string of the molecule is O=C1NNN(c2cc3c(Nc4ccc(-c5ccccc5)cc4)cncc3s2)N1. The van der Waals surface area contributed by atoms with Crippen LogP contribution in [0.25, 0.3) is 21.2 Å². The van der Waals surface area contributed by atoms with E-state index in [1.54, 1.807) is 11.3 Å². The molecule has 2 aromatic heterocycles. The summed E-state index contributed by atoms with van der Waals surface area (Å²) in [6.07, 6.45) is 3.62. The molecule has 2 amide bonds. The molecule has 5 rings (SSSR count). The van der Waals surface area contributed by atoms with E-state index in [-0.39, 0.29) is 6.03 Å². The minimum absolute atomic E-state index is 0.299. The topological polar surface area (TPSA) is 81.3 Å². The largest absolute Gasteiger partial charge is 0.354 e. The third-order valence-corrected chi connectivity index (χ3v) is 5.47. The number of aromatic nitrogens is 1. The number of nitrogens with zero attached hydrogens (tertiary/aromatic N) is 2. The summed E-state index contributed by atoms with van der Waals surface area (Å²) in [5, 5.41) is 6.87. The van der Waals surface area contributed by atoms with E-state index in [0.717, 1.165) is 26.5 Å². The Hall–Kier alpha value is -3.62. The van der Waals surface area contributed by atoms with Gasteiger partial charge in [-0.25, -0.2) is 10.2 Å². The molecule has 0 unspecified atom stereocenters. The Labute approximate surface area is 164 Å². The van der Waals surface area contributed by atoms with Crippen LogP contribution in [0.5, 0.6) is 0 Å². The number of hydrogen-bond acceptors (Lipinski definition) is 6. The molecule has 7 nitrogen and oxygen atoms in total. The van der Waals surface area contributed by atoms with Crippen LogP contribution >= 0.6 is 11.3 Å². The van der Waals surface area contributed by atoms with E-state index in [1.807, 2.05) is 30.5 Å². The molecule has 1 fully saturated rings. The number of urea groups is 1. The van der Waals surface area contributed by atoms with E-state index in [4.69, 9.17) is 0 Å².